The molecule has 0 aliphatic carbocycles. The molecule has 0 aromatic rings. The van der Waals surface area contributed by atoms with Gasteiger partial charge >= 0.3 is 6.09 Å². The molecule has 4 nitrogen and oxygen atoms in total. The minimum atomic E-state index is -0.402. The van der Waals surface area contributed by atoms with Crippen molar-refractivity contribution in [3.63, 3.8) is 0 Å². The van der Waals surface area contributed by atoms with Crippen LogP contribution in [0.3, 0.4) is 0 Å². The lowest BCUT2D eigenvalue weighted by atomic mass is 10.2. The van der Waals surface area contributed by atoms with Gasteiger partial charge in [-0.3, -0.25) is 0 Å². The summed E-state index contributed by atoms with van der Waals surface area (Å²) in [6.07, 6.45) is 0.817. The van der Waals surface area contributed by atoms with E-state index in [1.807, 2.05) is 20.8 Å². The van der Waals surface area contributed by atoms with E-state index < -0.39 is 5.60 Å². The molecule has 1 saturated heterocycles. The lowest BCUT2D eigenvalue weighted by Crippen LogP contribution is -2.40. The van der Waals surface area contributed by atoms with Gasteiger partial charge in [0.2, 0.25) is 0 Å². The Kier molecular flexibility index (Phi) is 4.19. The van der Waals surface area contributed by atoms with Crippen molar-refractivity contribution in [1.29, 1.82) is 0 Å². The number of likely N-dealkylation sites (tertiary alicyclic amines) is 1. The molecule has 0 unspecified atom stereocenters. The monoisotopic (exact) mass is 228 g/mol. The number of carbonyl (C=O) groups excluding carboxylic acids is 1. The van der Waals surface area contributed by atoms with Crippen molar-refractivity contribution in [3.8, 4) is 0 Å². The van der Waals surface area contributed by atoms with Gasteiger partial charge in [-0.15, -0.1) is 0 Å². The second-order valence-electron chi connectivity index (χ2n) is 5.73. The maximum Gasteiger partial charge on any atom is 0.410 e. The van der Waals surface area contributed by atoms with Gasteiger partial charge in [0, 0.05) is 25.2 Å². The third-order valence-electron chi connectivity index (χ3n) is 2.41. The third kappa shape index (κ3) is 4.39. The molecule has 0 aromatic carbocycles. The second kappa shape index (κ2) is 5.04. The van der Waals surface area contributed by atoms with Crippen LogP contribution in [-0.2, 0) is 4.74 Å². The van der Waals surface area contributed by atoms with E-state index >= 15 is 0 Å². The predicted molar refractivity (Wildman–Crippen MR) is 64.5 cm³/mol. The zero-order chi connectivity index (χ0) is 12.3. The van der Waals surface area contributed by atoms with Crippen LogP contribution in [0.25, 0.3) is 0 Å². The highest BCUT2D eigenvalue weighted by molar-refractivity contribution is 5.68. The number of rotatable bonds is 2. The van der Waals surface area contributed by atoms with Gasteiger partial charge in [-0.05, 0) is 27.2 Å². The van der Waals surface area contributed by atoms with Crippen LogP contribution in [0.4, 0.5) is 4.79 Å². The Bertz CT molecular complexity index is 246. The smallest absolute Gasteiger partial charge is 0.410 e. The Labute approximate surface area is 98.3 Å². The standard InChI is InChI=1S/C12H24N2O2/c1-9(2)13-10-6-7-14(8-10)11(15)16-12(3,4)5/h9-10,13H,6-8H2,1-5H3/t10-/m1/s1. The normalized spacial score (nSPS) is 21.6. The van der Waals surface area contributed by atoms with E-state index in [1.165, 1.54) is 0 Å². The molecule has 1 atom stereocenters. The lowest BCUT2D eigenvalue weighted by Gasteiger charge is -2.24. The van der Waals surface area contributed by atoms with E-state index in [9.17, 15) is 4.79 Å². The molecule has 1 rings (SSSR count). The summed E-state index contributed by atoms with van der Waals surface area (Å²) in [4.78, 5) is 13.6. The largest absolute Gasteiger partial charge is 0.444 e. The van der Waals surface area contributed by atoms with E-state index in [1.54, 1.807) is 4.90 Å². The SMILES string of the molecule is CC(C)N[C@@H]1CCN(C(=O)OC(C)(C)C)C1. The Morgan fingerprint density at radius 3 is 2.56 bits per heavy atom. The number of nitrogens with one attached hydrogen (secondary N) is 1. The summed E-state index contributed by atoms with van der Waals surface area (Å²) >= 11 is 0. The maximum atomic E-state index is 11.8. The predicted octanol–water partition coefficient (Wildman–Crippen LogP) is 1.99. The van der Waals surface area contributed by atoms with Gasteiger partial charge < -0.3 is 15.0 Å². The summed E-state index contributed by atoms with van der Waals surface area (Å²) in [6, 6.07) is 0.871. The third-order valence-corrected chi connectivity index (χ3v) is 2.41. The fourth-order valence-corrected chi connectivity index (χ4v) is 1.86. The number of ether oxygens (including phenoxy) is 1. The van der Waals surface area contributed by atoms with Crippen molar-refractivity contribution in [2.24, 2.45) is 0 Å². The summed E-state index contributed by atoms with van der Waals surface area (Å²) < 4.78 is 5.33. The van der Waals surface area contributed by atoms with Crippen LogP contribution in [0.5, 0.6) is 0 Å². The zero-order valence-electron chi connectivity index (χ0n) is 11.0. The van der Waals surface area contributed by atoms with E-state index in [2.05, 4.69) is 19.2 Å². The van der Waals surface area contributed by atoms with E-state index in [0.29, 0.717) is 12.1 Å². The molecule has 0 aromatic heterocycles. The summed E-state index contributed by atoms with van der Waals surface area (Å²) in [5, 5.41) is 3.44. The fourth-order valence-electron chi connectivity index (χ4n) is 1.86. The van der Waals surface area contributed by atoms with Crippen molar-refractivity contribution >= 4 is 6.09 Å². The van der Waals surface area contributed by atoms with Crippen molar-refractivity contribution in [2.45, 2.75) is 58.7 Å². The van der Waals surface area contributed by atoms with Crippen LogP contribution in [0.1, 0.15) is 41.0 Å². The molecule has 94 valence electrons. The quantitative estimate of drug-likeness (QED) is 0.786. The van der Waals surface area contributed by atoms with Crippen LogP contribution in [-0.4, -0.2) is 41.8 Å². The first-order valence-corrected chi connectivity index (χ1v) is 6.02. The fraction of sp³-hybridized carbons (Fsp3) is 0.917. The molecule has 1 amide bonds. The molecular formula is C12H24N2O2. The van der Waals surface area contributed by atoms with Crippen LogP contribution < -0.4 is 5.32 Å². The van der Waals surface area contributed by atoms with Gasteiger partial charge in [-0.1, -0.05) is 13.8 Å². The number of hydrogen-bond acceptors (Lipinski definition) is 3. The zero-order valence-corrected chi connectivity index (χ0v) is 11.0. The molecular weight excluding hydrogens is 204 g/mol. The first-order valence-electron chi connectivity index (χ1n) is 6.02. The Balaban J connectivity index is 2.38. The topological polar surface area (TPSA) is 41.6 Å². The Morgan fingerprint density at radius 2 is 2.06 bits per heavy atom. The summed E-state index contributed by atoms with van der Waals surface area (Å²) in [7, 11) is 0. The molecule has 1 fully saturated rings. The average molecular weight is 228 g/mol. The molecule has 1 aliphatic rings. The van der Waals surface area contributed by atoms with Gasteiger partial charge in [-0.2, -0.15) is 0 Å². The molecule has 0 bridgehead atoms. The molecule has 16 heavy (non-hydrogen) atoms. The van der Waals surface area contributed by atoms with Crippen molar-refractivity contribution in [3.05, 3.63) is 0 Å². The number of nitrogens with zero attached hydrogens (tertiary/aromatic N) is 1. The summed E-state index contributed by atoms with van der Waals surface area (Å²) in [6.45, 7) is 11.5. The Morgan fingerprint density at radius 1 is 1.44 bits per heavy atom. The van der Waals surface area contributed by atoms with E-state index in [-0.39, 0.29) is 6.09 Å². The minimum Gasteiger partial charge on any atom is -0.444 e. The first-order chi connectivity index (χ1) is 7.28. The highest BCUT2D eigenvalue weighted by Gasteiger charge is 2.29. The van der Waals surface area contributed by atoms with E-state index in [4.69, 9.17) is 4.74 Å². The van der Waals surface area contributed by atoms with Gasteiger partial charge in [0.25, 0.3) is 0 Å². The Hall–Kier alpha value is -0.770. The molecule has 4 heteroatoms. The average Bonchev–Trinajstić information content (AvgIpc) is 2.48. The maximum absolute atomic E-state index is 11.8. The first kappa shape index (κ1) is 13.3. The molecule has 1 N–H and O–H groups in total. The van der Waals surface area contributed by atoms with E-state index in [0.717, 1.165) is 19.5 Å². The lowest BCUT2D eigenvalue weighted by molar-refractivity contribution is 0.0290. The van der Waals surface area contributed by atoms with Crippen LogP contribution >= 0.6 is 0 Å². The molecule has 1 heterocycles. The number of carbonyl (C=O) groups is 1. The second-order valence-corrected chi connectivity index (χ2v) is 5.73. The number of hydrogen-bond donors (Lipinski definition) is 1. The van der Waals surface area contributed by atoms with Crippen molar-refractivity contribution in [1.82, 2.24) is 10.2 Å². The summed E-state index contributed by atoms with van der Waals surface area (Å²) in [5.41, 5.74) is -0.402. The van der Waals surface area contributed by atoms with Gasteiger partial charge in [0.1, 0.15) is 5.60 Å². The highest BCUT2D eigenvalue weighted by atomic mass is 16.6. The van der Waals surface area contributed by atoms with Crippen LogP contribution in [0.2, 0.25) is 0 Å². The molecule has 0 spiro atoms. The van der Waals surface area contributed by atoms with Gasteiger partial charge in [0.15, 0.2) is 0 Å². The van der Waals surface area contributed by atoms with Crippen molar-refractivity contribution in [2.75, 3.05) is 13.1 Å². The highest BCUT2D eigenvalue weighted by Crippen LogP contribution is 2.15. The molecule has 1 aliphatic heterocycles. The van der Waals surface area contributed by atoms with Crippen LogP contribution in [0, 0.1) is 0 Å². The molecule has 0 radical (unpaired) electrons. The number of amides is 1. The van der Waals surface area contributed by atoms with Gasteiger partial charge in [-0.25, -0.2) is 4.79 Å². The minimum absolute atomic E-state index is 0.194. The van der Waals surface area contributed by atoms with Crippen LogP contribution in [0.15, 0.2) is 0 Å². The molecule has 0 saturated carbocycles. The van der Waals surface area contributed by atoms with Gasteiger partial charge in [0.05, 0.1) is 0 Å². The van der Waals surface area contributed by atoms with Crippen molar-refractivity contribution < 1.29 is 9.53 Å². The summed E-state index contributed by atoms with van der Waals surface area (Å²) in [5.74, 6) is 0.